The van der Waals surface area contributed by atoms with Gasteiger partial charge in [-0.25, -0.2) is 0 Å². The van der Waals surface area contributed by atoms with E-state index in [-0.39, 0.29) is 23.4 Å². The number of hydrogen-bond acceptors (Lipinski definition) is 3. The van der Waals surface area contributed by atoms with E-state index in [4.69, 9.17) is 14.6 Å². The average molecular weight is 225 g/mol. The van der Waals surface area contributed by atoms with Gasteiger partial charge in [-0.1, -0.05) is 0 Å². The van der Waals surface area contributed by atoms with E-state index in [0.29, 0.717) is 12.8 Å². The minimum atomic E-state index is -2.34. The topological polar surface area (TPSA) is 57.2 Å². The summed E-state index contributed by atoms with van der Waals surface area (Å²) < 4.78 is 27.9. The summed E-state index contributed by atoms with van der Waals surface area (Å²) in [6.45, 7) is 0. The van der Waals surface area contributed by atoms with Crippen molar-refractivity contribution in [3.05, 3.63) is 28.7 Å². The Morgan fingerprint density at radius 1 is 1.50 bits per heavy atom. The maximum atomic E-state index is 11.9. The fourth-order valence-corrected chi connectivity index (χ4v) is 2.26. The number of aromatic nitrogens is 1. The lowest BCUT2D eigenvalue weighted by molar-refractivity contribution is 0.0580. The predicted octanol–water partition coefficient (Wildman–Crippen LogP) is 1.56. The molecule has 0 saturated heterocycles. The molecule has 1 aliphatic rings. The van der Waals surface area contributed by atoms with E-state index in [2.05, 4.69) is 0 Å². The van der Waals surface area contributed by atoms with E-state index in [1.807, 2.05) is 0 Å². The maximum absolute atomic E-state index is 11.9. The molecule has 1 fully saturated rings. The Hall–Kier alpha value is -1.29. The highest BCUT2D eigenvalue weighted by molar-refractivity contribution is 5.33. The zero-order chi connectivity index (χ0) is 14.0. The minimum absolute atomic E-state index is 0.0763. The standard InChI is InChI=1S/C12H18N2O2/c1-16-10-6-4-9(5-7-10)14-8-2-3-11(13)12(14)15/h2-3,8-10H,4-7,13H2,1H3/i1D3. The molecule has 0 spiro atoms. The van der Waals surface area contributed by atoms with Crippen molar-refractivity contribution in [1.29, 1.82) is 0 Å². The second-order valence-electron chi connectivity index (χ2n) is 4.22. The summed E-state index contributed by atoms with van der Waals surface area (Å²) in [5.74, 6) is 0. The molecule has 4 nitrogen and oxygen atoms in total. The zero-order valence-electron chi connectivity index (χ0n) is 12.1. The van der Waals surface area contributed by atoms with Crippen molar-refractivity contribution in [1.82, 2.24) is 4.57 Å². The highest BCUT2D eigenvalue weighted by Crippen LogP contribution is 2.28. The second kappa shape index (κ2) is 4.70. The van der Waals surface area contributed by atoms with Crippen LogP contribution in [0.25, 0.3) is 0 Å². The molecule has 1 aliphatic carbocycles. The van der Waals surface area contributed by atoms with Crippen molar-refractivity contribution in [2.24, 2.45) is 0 Å². The third kappa shape index (κ3) is 2.11. The van der Waals surface area contributed by atoms with Crippen LogP contribution in [0.1, 0.15) is 35.8 Å². The normalized spacial score (nSPS) is 29.1. The van der Waals surface area contributed by atoms with Crippen LogP contribution in [0.2, 0.25) is 0 Å². The first kappa shape index (κ1) is 7.90. The van der Waals surface area contributed by atoms with Gasteiger partial charge in [0, 0.05) is 19.3 Å². The van der Waals surface area contributed by atoms with E-state index < -0.39 is 7.04 Å². The lowest BCUT2D eigenvalue weighted by atomic mass is 9.92. The molecule has 0 bridgehead atoms. The van der Waals surface area contributed by atoms with Crippen molar-refractivity contribution in [2.45, 2.75) is 37.8 Å². The first-order valence-electron chi connectivity index (χ1n) is 7.01. The molecule has 88 valence electrons. The van der Waals surface area contributed by atoms with Crippen LogP contribution in [0.5, 0.6) is 0 Å². The van der Waals surface area contributed by atoms with Crippen LogP contribution in [0, 0.1) is 0 Å². The summed E-state index contributed by atoms with van der Waals surface area (Å²) in [5, 5.41) is 0. The summed E-state index contributed by atoms with van der Waals surface area (Å²) in [6.07, 6.45) is 4.22. The number of nitrogen functional groups attached to an aromatic ring is 1. The predicted molar refractivity (Wildman–Crippen MR) is 63.4 cm³/mol. The van der Waals surface area contributed by atoms with Crippen molar-refractivity contribution in [3.8, 4) is 0 Å². The Bertz CT molecular complexity index is 490. The van der Waals surface area contributed by atoms with Crippen LogP contribution in [-0.2, 0) is 4.74 Å². The summed E-state index contributed by atoms with van der Waals surface area (Å²) in [4.78, 5) is 11.9. The molecule has 1 aromatic rings. The molecule has 2 N–H and O–H groups in total. The van der Waals surface area contributed by atoms with Crippen LogP contribution in [-0.4, -0.2) is 17.7 Å². The number of anilines is 1. The molecule has 1 heterocycles. The van der Waals surface area contributed by atoms with Crippen LogP contribution < -0.4 is 11.3 Å². The smallest absolute Gasteiger partial charge is 0.273 e. The van der Waals surface area contributed by atoms with Crippen molar-refractivity contribution < 1.29 is 8.85 Å². The molecule has 16 heavy (non-hydrogen) atoms. The summed E-state index contributed by atoms with van der Waals surface area (Å²) in [7, 11) is -2.34. The maximum Gasteiger partial charge on any atom is 0.273 e. The van der Waals surface area contributed by atoms with Crippen molar-refractivity contribution in [2.75, 3.05) is 12.8 Å². The summed E-state index contributed by atoms with van der Waals surface area (Å²) >= 11 is 0. The van der Waals surface area contributed by atoms with Gasteiger partial charge in [0.25, 0.3) is 5.56 Å². The van der Waals surface area contributed by atoms with Gasteiger partial charge in [0.05, 0.1) is 15.9 Å². The largest absolute Gasteiger partial charge is 0.394 e. The van der Waals surface area contributed by atoms with Gasteiger partial charge in [-0.05, 0) is 37.8 Å². The third-order valence-corrected chi connectivity index (χ3v) is 3.21. The van der Waals surface area contributed by atoms with Crippen molar-refractivity contribution in [3.63, 3.8) is 0 Å². The zero-order valence-corrected chi connectivity index (χ0v) is 9.06. The van der Waals surface area contributed by atoms with Gasteiger partial charge >= 0.3 is 0 Å². The van der Waals surface area contributed by atoms with E-state index in [1.165, 1.54) is 0 Å². The SMILES string of the molecule is [2H]C([2H])([2H])OC1CCC(n2cccc(N)c2=O)CC1. The molecule has 1 aromatic heterocycles. The molecule has 1 saturated carbocycles. The van der Waals surface area contributed by atoms with Gasteiger partial charge in [0.1, 0.15) is 0 Å². The number of nitrogens with two attached hydrogens (primary N) is 1. The van der Waals surface area contributed by atoms with Crippen molar-refractivity contribution >= 4 is 5.69 Å². The molecule has 0 amide bonds. The Morgan fingerprint density at radius 2 is 2.25 bits per heavy atom. The molecule has 2 rings (SSSR count). The van der Waals surface area contributed by atoms with Crippen LogP contribution in [0.3, 0.4) is 0 Å². The first-order valence-corrected chi connectivity index (χ1v) is 5.51. The molecule has 0 unspecified atom stereocenters. The monoisotopic (exact) mass is 225 g/mol. The number of pyridine rings is 1. The van der Waals surface area contributed by atoms with Gasteiger partial charge < -0.3 is 15.0 Å². The number of methoxy groups -OCH3 is 1. The third-order valence-electron chi connectivity index (χ3n) is 3.21. The second-order valence-corrected chi connectivity index (χ2v) is 4.22. The lowest BCUT2D eigenvalue weighted by Crippen LogP contribution is -2.30. The Balaban J connectivity index is 2.00. The van der Waals surface area contributed by atoms with E-state index in [1.54, 1.807) is 22.9 Å². The number of rotatable bonds is 2. The van der Waals surface area contributed by atoms with Crippen LogP contribution in [0.15, 0.2) is 23.1 Å². The molecule has 0 aliphatic heterocycles. The highest BCUT2D eigenvalue weighted by atomic mass is 16.5. The van der Waals surface area contributed by atoms with Gasteiger partial charge in [-0.15, -0.1) is 0 Å². The highest BCUT2D eigenvalue weighted by Gasteiger charge is 2.22. The van der Waals surface area contributed by atoms with E-state index >= 15 is 0 Å². The van der Waals surface area contributed by atoms with Crippen LogP contribution in [0.4, 0.5) is 5.69 Å². The Morgan fingerprint density at radius 3 is 2.94 bits per heavy atom. The Kier molecular flexibility index (Phi) is 2.32. The van der Waals surface area contributed by atoms with Crippen LogP contribution >= 0.6 is 0 Å². The molecule has 0 atom stereocenters. The van der Waals surface area contributed by atoms with E-state index in [9.17, 15) is 4.79 Å². The number of ether oxygens (including phenoxy) is 1. The van der Waals surface area contributed by atoms with Gasteiger partial charge in [0.15, 0.2) is 0 Å². The quantitative estimate of drug-likeness (QED) is 0.831. The summed E-state index contributed by atoms with van der Waals surface area (Å²) in [5.41, 5.74) is 5.67. The minimum Gasteiger partial charge on any atom is -0.394 e. The molecular formula is C12H18N2O2. The fourth-order valence-electron chi connectivity index (χ4n) is 2.26. The number of nitrogens with zero attached hydrogens (tertiary/aromatic N) is 1. The number of hydrogen-bond donors (Lipinski definition) is 1. The lowest BCUT2D eigenvalue weighted by Gasteiger charge is -2.28. The fraction of sp³-hybridized carbons (Fsp3) is 0.583. The first-order chi connectivity index (χ1) is 8.87. The Labute approximate surface area is 99.2 Å². The van der Waals surface area contributed by atoms with Gasteiger partial charge in [0.2, 0.25) is 0 Å². The summed E-state index contributed by atoms with van der Waals surface area (Å²) in [6, 6.07) is 3.41. The molecule has 4 heteroatoms. The average Bonchev–Trinajstić information content (AvgIpc) is 2.32. The molecular weight excluding hydrogens is 204 g/mol. The molecule has 0 radical (unpaired) electrons. The van der Waals surface area contributed by atoms with E-state index in [0.717, 1.165) is 12.8 Å². The molecule has 0 aromatic carbocycles. The van der Waals surface area contributed by atoms with Gasteiger partial charge in [-0.2, -0.15) is 0 Å². The van der Waals surface area contributed by atoms with Gasteiger partial charge in [-0.3, -0.25) is 4.79 Å².